The molecule has 2 aliphatic rings. The third-order valence-corrected chi connectivity index (χ3v) is 1.95. The molecule has 0 radical (unpaired) electrons. The second-order valence-corrected chi connectivity index (χ2v) is 2.69. The fourth-order valence-corrected chi connectivity index (χ4v) is 1.44. The molecule has 0 amide bonds. The van der Waals surface area contributed by atoms with E-state index in [9.17, 15) is 0 Å². The molecule has 0 fully saturated rings. The zero-order valence-electron chi connectivity index (χ0n) is 6.18. The summed E-state index contributed by atoms with van der Waals surface area (Å²) in [4.78, 5) is 4.22. The number of allylic oxidation sites excluding steroid dienone is 6. The molecule has 0 saturated carbocycles. The van der Waals surface area contributed by atoms with Crippen LogP contribution in [-0.2, 0) is 0 Å². The van der Waals surface area contributed by atoms with Gasteiger partial charge in [-0.2, -0.15) is 0 Å². The van der Waals surface area contributed by atoms with Gasteiger partial charge in [-0.25, -0.2) is 0 Å². The number of rotatable bonds is 0. The van der Waals surface area contributed by atoms with E-state index in [4.69, 9.17) is 0 Å². The lowest BCUT2D eigenvalue weighted by molar-refractivity contribution is 1.28. The van der Waals surface area contributed by atoms with Crippen molar-refractivity contribution in [2.45, 2.75) is 13.8 Å². The molecule has 0 saturated heterocycles. The van der Waals surface area contributed by atoms with Crippen LogP contribution in [0.15, 0.2) is 39.6 Å². The van der Waals surface area contributed by atoms with Crippen LogP contribution < -0.4 is 0 Å². The first-order valence-electron chi connectivity index (χ1n) is 3.43. The van der Waals surface area contributed by atoms with Crippen LogP contribution >= 0.6 is 0 Å². The summed E-state index contributed by atoms with van der Waals surface area (Å²) >= 11 is 0. The summed E-state index contributed by atoms with van der Waals surface area (Å²) in [5.41, 5.74) is 5.09. The summed E-state index contributed by atoms with van der Waals surface area (Å²) in [6.45, 7) is 4.17. The van der Waals surface area contributed by atoms with Crippen molar-refractivity contribution in [1.82, 2.24) is 0 Å². The van der Waals surface area contributed by atoms with Crippen LogP contribution in [0.5, 0.6) is 0 Å². The lowest BCUT2D eigenvalue weighted by atomic mass is 10.1. The van der Waals surface area contributed by atoms with Crippen molar-refractivity contribution in [3.05, 3.63) is 34.6 Å². The molecule has 10 heavy (non-hydrogen) atoms. The Morgan fingerprint density at radius 3 is 2.70 bits per heavy atom. The van der Waals surface area contributed by atoms with Crippen molar-refractivity contribution in [3.8, 4) is 0 Å². The molecule has 0 N–H and O–H groups in total. The van der Waals surface area contributed by atoms with E-state index in [-0.39, 0.29) is 0 Å². The van der Waals surface area contributed by atoms with E-state index in [0.717, 1.165) is 5.70 Å². The molecule has 0 aromatic carbocycles. The van der Waals surface area contributed by atoms with Crippen molar-refractivity contribution < 1.29 is 0 Å². The van der Waals surface area contributed by atoms with E-state index >= 15 is 0 Å². The molecule has 0 atom stereocenters. The molecular weight excluding hydrogens is 122 g/mol. The lowest BCUT2D eigenvalue weighted by Crippen LogP contribution is -1.82. The zero-order valence-corrected chi connectivity index (χ0v) is 6.18. The first-order chi connectivity index (χ1) is 4.79. The Morgan fingerprint density at radius 2 is 2.00 bits per heavy atom. The minimum Gasteiger partial charge on any atom is -0.260 e. The summed E-state index contributed by atoms with van der Waals surface area (Å²) in [7, 11) is 0. The van der Waals surface area contributed by atoms with Gasteiger partial charge in [-0.15, -0.1) is 0 Å². The predicted molar refractivity (Wildman–Crippen MR) is 43.0 cm³/mol. The standard InChI is InChI=1S/C9H9N/c1-6-3-4-8-5-10-7(2)9(6)8/h3-5H,1-2H3. The van der Waals surface area contributed by atoms with Gasteiger partial charge < -0.3 is 0 Å². The average molecular weight is 131 g/mol. The van der Waals surface area contributed by atoms with Gasteiger partial charge in [0, 0.05) is 23.1 Å². The number of aliphatic imine (C=N–C) groups is 1. The molecule has 0 unspecified atom stereocenters. The van der Waals surface area contributed by atoms with Crippen LogP contribution in [0.1, 0.15) is 13.8 Å². The first-order valence-corrected chi connectivity index (χ1v) is 3.43. The fraction of sp³-hybridized carbons (Fsp3) is 0.222. The van der Waals surface area contributed by atoms with Gasteiger partial charge in [-0.3, -0.25) is 4.99 Å². The Morgan fingerprint density at radius 1 is 1.20 bits per heavy atom. The lowest BCUT2D eigenvalue weighted by Gasteiger charge is -1.97. The molecule has 0 spiro atoms. The van der Waals surface area contributed by atoms with E-state index in [1.165, 1.54) is 16.7 Å². The smallest absolute Gasteiger partial charge is 0.0454 e. The fourth-order valence-electron chi connectivity index (χ4n) is 1.44. The molecule has 50 valence electrons. The summed E-state index contributed by atoms with van der Waals surface area (Å²) in [5.74, 6) is 0. The molecule has 2 rings (SSSR count). The summed E-state index contributed by atoms with van der Waals surface area (Å²) in [6.07, 6.45) is 6.18. The van der Waals surface area contributed by atoms with E-state index in [2.05, 4.69) is 31.0 Å². The van der Waals surface area contributed by atoms with Gasteiger partial charge in [-0.05, 0) is 19.4 Å². The van der Waals surface area contributed by atoms with Crippen LogP contribution in [0, 0.1) is 0 Å². The number of hydrogen-bond acceptors (Lipinski definition) is 1. The highest BCUT2D eigenvalue weighted by molar-refractivity contribution is 5.93. The third-order valence-electron chi connectivity index (χ3n) is 1.95. The Hall–Kier alpha value is -1.11. The van der Waals surface area contributed by atoms with Crippen LogP contribution in [0.25, 0.3) is 0 Å². The molecular formula is C9H9N. The number of nitrogens with zero attached hydrogens (tertiary/aromatic N) is 1. The molecule has 1 heterocycles. The normalized spacial score (nSPS) is 21.4. The molecule has 0 bridgehead atoms. The van der Waals surface area contributed by atoms with Crippen molar-refractivity contribution in [2.24, 2.45) is 4.99 Å². The van der Waals surface area contributed by atoms with Crippen LogP contribution in [0.4, 0.5) is 0 Å². The van der Waals surface area contributed by atoms with Crippen LogP contribution in [0.2, 0.25) is 0 Å². The molecule has 1 heteroatoms. The quantitative estimate of drug-likeness (QED) is 0.478. The number of fused-ring (bicyclic) bond motifs is 1. The van der Waals surface area contributed by atoms with Crippen LogP contribution in [-0.4, -0.2) is 6.21 Å². The maximum Gasteiger partial charge on any atom is 0.0454 e. The largest absolute Gasteiger partial charge is 0.260 e. The highest BCUT2D eigenvalue weighted by atomic mass is 14.8. The Balaban J connectivity index is 2.59. The van der Waals surface area contributed by atoms with Gasteiger partial charge in [0.15, 0.2) is 0 Å². The molecule has 1 nitrogen and oxygen atoms in total. The average Bonchev–Trinajstić information content (AvgIpc) is 2.40. The summed E-state index contributed by atoms with van der Waals surface area (Å²) < 4.78 is 0. The van der Waals surface area contributed by atoms with Gasteiger partial charge in [0.2, 0.25) is 0 Å². The highest BCUT2D eigenvalue weighted by Crippen LogP contribution is 2.31. The minimum atomic E-state index is 1.15. The van der Waals surface area contributed by atoms with Gasteiger partial charge >= 0.3 is 0 Å². The molecule has 0 aromatic heterocycles. The Labute approximate surface area is 60.5 Å². The SMILES string of the molecule is CC1=CC=C2C=NC(C)=C12. The van der Waals surface area contributed by atoms with Crippen molar-refractivity contribution >= 4 is 6.21 Å². The minimum absolute atomic E-state index is 1.15. The van der Waals surface area contributed by atoms with E-state index in [0.29, 0.717) is 0 Å². The summed E-state index contributed by atoms with van der Waals surface area (Å²) in [5, 5.41) is 0. The Kier molecular flexibility index (Phi) is 0.956. The Bertz CT molecular complexity index is 301. The second kappa shape index (κ2) is 1.69. The van der Waals surface area contributed by atoms with Crippen LogP contribution in [0.3, 0.4) is 0 Å². The molecule has 0 aromatic rings. The van der Waals surface area contributed by atoms with Crippen molar-refractivity contribution in [3.63, 3.8) is 0 Å². The maximum absolute atomic E-state index is 4.22. The maximum atomic E-state index is 4.22. The molecule has 1 aliphatic carbocycles. The zero-order chi connectivity index (χ0) is 7.14. The van der Waals surface area contributed by atoms with Gasteiger partial charge in [0.05, 0.1) is 0 Å². The van der Waals surface area contributed by atoms with Crippen molar-refractivity contribution in [2.75, 3.05) is 0 Å². The van der Waals surface area contributed by atoms with Gasteiger partial charge in [0.25, 0.3) is 0 Å². The summed E-state index contributed by atoms with van der Waals surface area (Å²) in [6, 6.07) is 0. The van der Waals surface area contributed by atoms with E-state index in [1.54, 1.807) is 0 Å². The van der Waals surface area contributed by atoms with Gasteiger partial charge in [0.1, 0.15) is 0 Å². The topological polar surface area (TPSA) is 12.4 Å². The monoisotopic (exact) mass is 131 g/mol. The molecule has 1 aliphatic heterocycles. The highest BCUT2D eigenvalue weighted by Gasteiger charge is 2.16. The first kappa shape index (κ1) is 5.66. The van der Waals surface area contributed by atoms with Crippen molar-refractivity contribution in [1.29, 1.82) is 0 Å². The third kappa shape index (κ3) is 0.548. The predicted octanol–water partition coefficient (Wildman–Crippen LogP) is 2.23. The van der Waals surface area contributed by atoms with E-state index < -0.39 is 0 Å². The van der Waals surface area contributed by atoms with E-state index in [1.807, 2.05) is 6.21 Å². The number of hydrogen-bond donors (Lipinski definition) is 0. The van der Waals surface area contributed by atoms with Gasteiger partial charge in [-0.1, -0.05) is 12.2 Å². The second-order valence-electron chi connectivity index (χ2n) is 2.69.